The third-order valence-corrected chi connectivity index (χ3v) is 6.97. The van der Waals surface area contributed by atoms with Gasteiger partial charge in [0.25, 0.3) is 0 Å². The number of benzene rings is 2. The van der Waals surface area contributed by atoms with Gasteiger partial charge in [-0.2, -0.15) is 0 Å². The van der Waals surface area contributed by atoms with Crippen molar-refractivity contribution in [1.82, 2.24) is 19.9 Å². The first kappa shape index (κ1) is 28.6. The van der Waals surface area contributed by atoms with Gasteiger partial charge in [0, 0.05) is 68.2 Å². The summed E-state index contributed by atoms with van der Waals surface area (Å²) in [6.07, 6.45) is 4.33. The number of hydrogen-bond donors (Lipinski definition) is 3. The van der Waals surface area contributed by atoms with Crippen molar-refractivity contribution in [2.24, 2.45) is 7.05 Å². The van der Waals surface area contributed by atoms with Crippen molar-refractivity contribution in [3.05, 3.63) is 67.0 Å². The standard InChI is InChI=1S/C31H35N7O4/c1-6-28(39)34-23-15-24(27(41-5)16-26(23)38-13-11-32-12-14-38)35-31-33-17-21(30(40)42-19(2)3)29(36-31)22-18-37(4)25-10-8-7-9-20(22)25/h6-10,15-19,32H,1,11-14H2,2-5H3,(H,34,39)(H,33,35,36). The van der Waals surface area contributed by atoms with Gasteiger partial charge < -0.3 is 34.9 Å². The molecule has 0 spiro atoms. The minimum Gasteiger partial charge on any atom is -0.494 e. The van der Waals surface area contributed by atoms with E-state index in [1.54, 1.807) is 27.0 Å². The summed E-state index contributed by atoms with van der Waals surface area (Å²) < 4.78 is 13.3. The highest BCUT2D eigenvalue weighted by Crippen LogP contribution is 2.39. The predicted octanol–water partition coefficient (Wildman–Crippen LogP) is 4.49. The summed E-state index contributed by atoms with van der Waals surface area (Å²) in [6.45, 7) is 10.4. The van der Waals surface area contributed by atoms with E-state index in [4.69, 9.17) is 14.5 Å². The number of anilines is 4. The molecule has 0 aliphatic carbocycles. The number of rotatable bonds is 9. The molecule has 0 unspecified atom stereocenters. The molecule has 2 aromatic heterocycles. The van der Waals surface area contributed by atoms with Crippen LogP contribution in [-0.4, -0.2) is 65.8 Å². The molecule has 0 radical (unpaired) electrons. The lowest BCUT2D eigenvalue weighted by Crippen LogP contribution is -2.43. The number of para-hydroxylation sites is 1. The number of amides is 1. The molecule has 5 rings (SSSR count). The summed E-state index contributed by atoms with van der Waals surface area (Å²) in [5, 5.41) is 10.4. The molecule has 2 aromatic carbocycles. The van der Waals surface area contributed by atoms with E-state index < -0.39 is 5.97 Å². The third-order valence-electron chi connectivity index (χ3n) is 6.97. The van der Waals surface area contributed by atoms with Crippen LogP contribution >= 0.6 is 0 Å². The summed E-state index contributed by atoms with van der Waals surface area (Å²) in [6, 6.07) is 11.6. The summed E-state index contributed by atoms with van der Waals surface area (Å²) in [5.41, 5.74) is 4.43. The molecule has 1 amide bonds. The maximum atomic E-state index is 13.1. The minimum atomic E-state index is -0.508. The Morgan fingerprint density at radius 1 is 1.14 bits per heavy atom. The van der Waals surface area contributed by atoms with Crippen molar-refractivity contribution in [1.29, 1.82) is 0 Å². The number of piperazine rings is 1. The van der Waals surface area contributed by atoms with Crippen LogP contribution in [0, 0.1) is 0 Å². The number of hydrogen-bond acceptors (Lipinski definition) is 9. The monoisotopic (exact) mass is 569 g/mol. The number of methoxy groups -OCH3 is 1. The Kier molecular flexibility index (Phi) is 8.39. The summed E-state index contributed by atoms with van der Waals surface area (Å²) in [5.74, 6) is -0.0520. The zero-order chi connectivity index (χ0) is 29.8. The molecular weight excluding hydrogens is 534 g/mol. The van der Waals surface area contributed by atoms with Crippen LogP contribution in [0.25, 0.3) is 22.2 Å². The van der Waals surface area contributed by atoms with Crippen LogP contribution in [0.2, 0.25) is 0 Å². The maximum absolute atomic E-state index is 13.1. The normalized spacial score (nSPS) is 13.2. The van der Waals surface area contributed by atoms with Crippen molar-refractivity contribution in [2.75, 3.05) is 48.8 Å². The van der Waals surface area contributed by atoms with Gasteiger partial charge in [0.05, 0.1) is 36.0 Å². The van der Waals surface area contributed by atoms with Gasteiger partial charge >= 0.3 is 5.97 Å². The SMILES string of the molecule is C=CC(=O)Nc1cc(Nc2ncc(C(=O)OC(C)C)c(-c3cn(C)c4ccccc34)n2)c(OC)cc1N1CCNCC1. The fourth-order valence-electron chi connectivity index (χ4n) is 5.01. The smallest absolute Gasteiger partial charge is 0.342 e. The number of esters is 1. The lowest BCUT2D eigenvalue weighted by atomic mass is 10.1. The van der Waals surface area contributed by atoms with Gasteiger partial charge in [-0.15, -0.1) is 0 Å². The van der Waals surface area contributed by atoms with Crippen LogP contribution < -0.4 is 25.6 Å². The molecule has 11 nitrogen and oxygen atoms in total. The van der Waals surface area contributed by atoms with E-state index >= 15 is 0 Å². The van der Waals surface area contributed by atoms with E-state index in [-0.39, 0.29) is 23.5 Å². The Bertz CT molecular complexity index is 1640. The van der Waals surface area contributed by atoms with E-state index in [1.165, 1.54) is 12.3 Å². The predicted molar refractivity (Wildman–Crippen MR) is 165 cm³/mol. The lowest BCUT2D eigenvalue weighted by molar-refractivity contribution is -0.111. The third kappa shape index (κ3) is 5.91. The van der Waals surface area contributed by atoms with Gasteiger partial charge in [0.15, 0.2) is 0 Å². The Hall–Kier alpha value is -4.90. The molecule has 3 heterocycles. The largest absolute Gasteiger partial charge is 0.494 e. The maximum Gasteiger partial charge on any atom is 0.342 e. The molecular formula is C31H35N7O4. The number of aromatic nitrogens is 3. The lowest BCUT2D eigenvalue weighted by Gasteiger charge is -2.31. The topological polar surface area (TPSA) is 123 Å². The zero-order valence-corrected chi connectivity index (χ0v) is 24.2. The number of fused-ring (bicyclic) bond motifs is 1. The second kappa shape index (κ2) is 12.3. The molecule has 0 bridgehead atoms. The average molecular weight is 570 g/mol. The summed E-state index contributed by atoms with van der Waals surface area (Å²) in [4.78, 5) is 36.9. The van der Waals surface area contributed by atoms with E-state index in [2.05, 4.69) is 32.4 Å². The second-order valence-corrected chi connectivity index (χ2v) is 10.2. The van der Waals surface area contributed by atoms with Gasteiger partial charge in [-0.25, -0.2) is 14.8 Å². The number of carbonyl (C=O) groups excluding carboxylic acids is 2. The quantitative estimate of drug-likeness (QED) is 0.198. The molecule has 4 aromatic rings. The summed E-state index contributed by atoms with van der Waals surface area (Å²) >= 11 is 0. The van der Waals surface area contributed by atoms with Crippen LogP contribution in [0.3, 0.4) is 0 Å². The van der Waals surface area contributed by atoms with Gasteiger partial charge in [-0.05, 0) is 32.1 Å². The molecule has 0 atom stereocenters. The Morgan fingerprint density at radius 2 is 1.90 bits per heavy atom. The molecule has 1 saturated heterocycles. The Labute approximate surface area is 244 Å². The van der Waals surface area contributed by atoms with E-state index in [1.807, 2.05) is 48.1 Å². The first-order valence-corrected chi connectivity index (χ1v) is 13.8. The van der Waals surface area contributed by atoms with Crippen LogP contribution in [0.15, 0.2) is 61.4 Å². The fourth-order valence-corrected chi connectivity index (χ4v) is 5.01. The van der Waals surface area contributed by atoms with Crippen molar-refractivity contribution in [3.8, 4) is 17.0 Å². The first-order valence-electron chi connectivity index (χ1n) is 13.8. The number of ether oxygens (including phenoxy) is 2. The van der Waals surface area contributed by atoms with E-state index in [0.29, 0.717) is 22.8 Å². The van der Waals surface area contributed by atoms with Crippen LogP contribution in [0.5, 0.6) is 5.75 Å². The molecule has 1 aliphatic rings. The average Bonchev–Trinajstić information content (AvgIpc) is 3.33. The summed E-state index contributed by atoms with van der Waals surface area (Å²) in [7, 11) is 3.53. The number of nitrogens with zero attached hydrogens (tertiary/aromatic N) is 4. The van der Waals surface area contributed by atoms with E-state index in [0.717, 1.165) is 48.3 Å². The van der Waals surface area contributed by atoms with Crippen molar-refractivity contribution >= 4 is 45.8 Å². The van der Waals surface area contributed by atoms with Gasteiger partial charge in [-0.1, -0.05) is 24.8 Å². The number of aryl methyl sites for hydroxylation is 1. The van der Waals surface area contributed by atoms with E-state index in [9.17, 15) is 9.59 Å². The molecule has 42 heavy (non-hydrogen) atoms. The van der Waals surface area contributed by atoms with Gasteiger partial charge in [0.2, 0.25) is 11.9 Å². The van der Waals surface area contributed by atoms with Crippen molar-refractivity contribution in [2.45, 2.75) is 20.0 Å². The number of carbonyl (C=O) groups is 2. The Morgan fingerprint density at radius 3 is 2.62 bits per heavy atom. The van der Waals surface area contributed by atoms with Crippen LogP contribution in [0.1, 0.15) is 24.2 Å². The van der Waals surface area contributed by atoms with Crippen molar-refractivity contribution < 1.29 is 19.1 Å². The molecule has 1 fully saturated rings. The zero-order valence-electron chi connectivity index (χ0n) is 24.2. The van der Waals surface area contributed by atoms with Gasteiger partial charge in [-0.3, -0.25) is 4.79 Å². The highest BCUT2D eigenvalue weighted by atomic mass is 16.5. The molecule has 3 N–H and O–H groups in total. The molecule has 0 saturated carbocycles. The Balaban J connectivity index is 1.60. The second-order valence-electron chi connectivity index (χ2n) is 10.2. The molecule has 1 aliphatic heterocycles. The van der Waals surface area contributed by atoms with Crippen LogP contribution in [0.4, 0.5) is 23.0 Å². The fraction of sp³-hybridized carbons (Fsp3) is 0.290. The minimum absolute atomic E-state index is 0.244. The van der Waals surface area contributed by atoms with Crippen molar-refractivity contribution in [3.63, 3.8) is 0 Å². The van der Waals surface area contributed by atoms with Crippen LogP contribution in [-0.2, 0) is 16.6 Å². The highest BCUT2D eigenvalue weighted by Gasteiger charge is 2.23. The molecule has 218 valence electrons. The highest BCUT2D eigenvalue weighted by molar-refractivity contribution is 6.04. The number of nitrogens with one attached hydrogen (secondary N) is 3. The van der Waals surface area contributed by atoms with Gasteiger partial charge in [0.1, 0.15) is 11.3 Å². The first-order chi connectivity index (χ1) is 20.3. The molecule has 11 heteroatoms.